The van der Waals surface area contributed by atoms with Gasteiger partial charge in [0.1, 0.15) is 28.3 Å². The summed E-state index contributed by atoms with van der Waals surface area (Å²) in [6.07, 6.45) is 32.7. The smallest absolute Gasteiger partial charge is 0.384 e. The average Bonchev–Trinajstić information content (AvgIpc) is 1.62. The highest BCUT2D eigenvalue weighted by Gasteiger charge is 2.56. The first-order valence-electron chi connectivity index (χ1n) is 46.1. The Balaban J connectivity index is -0.000000335. The van der Waals surface area contributed by atoms with Crippen molar-refractivity contribution in [3.63, 3.8) is 0 Å². The van der Waals surface area contributed by atoms with Gasteiger partial charge in [0.2, 0.25) is 35.3 Å². The van der Waals surface area contributed by atoms with E-state index in [0.717, 1.165) is 84.3 Å². The third kappa shape index (κ3) is 72.7. The van der Waals surface area contributed by atoms with Crippen LogP contribution in [0.15, 0.2) is 72.4 Å². The SMILES string of the molecule is C#CC(=O)C(C)(C)C.C#CC(=O)NC(C)(C)C.C#CC(=O)OCC(C)(C)C.C=CC(=O)N1CCC(C(C)(C)C)C1.C=CC(=O)OCC(C)(C)C.CC(=O)C1(C(=O)OCC(C)(C)C)CC1.CC(C)(C)C(=O)C1(C#N)CC1.CC(C)(C)NC(=O)C1=C(F)CCC1.CC(C)(C)NC(=O)C1=C(F)CCCC1.CCN(CC(C)(C)C)C(=O)/C=C/CN(C)C.CN(C)C/C=C/C(=O)N(C)CC(C)(C)C. The molecule has 133 heavy (non-hydrogen) atoms. The minimum atomic E-state index is -0.773. The molecule has 1 atom stereocenters. The Morgan fingerprint density at radius 1 is 0.511 bits per heavy atom. The molecule has 1 heterocycles. The van der Waals surface area contributed by atoms with Gasteiger partial charge in [-0.15, -0.1) is 19.3 Å². The highest BCUT2D eigenvalue weighted by atomic mass is 19.1. The van der Waals surface area contributed by atoms with E-state index in [9.17, 15) is 66.3 Å². The molecule has 24 nitrogen and oxygen atoms in total. The van der Waals surface area contributed by atoms with Crippen LogP contribution in [0, 0.1) is 108 Å². The van der Waals surface area contributed by atoms with Gasteiger partial charge in [-0.05, 0) is 238 Å². The Kier molecular flexibility index (Phi) is 61.5. The van der Waals surface area contributed by atoms with Crippen molar-refractivity contribution in [3.8, 4) is 43.1 Å². The molecule has 0 radical (unpaired) electrons. The summed E-state index contributed by atoms with van der Waals surface area (Å²) in [6.45, 7) is 82.6. The number of ether oxygens (including phenoxy) is 3. The number of carbonyl (C=O) groups is 12. The van der Waals surface area contributed by atoms with E-state index >= 15 is 0 Å². The number of hydrogen-bond donors (Lipinski definition) is 3. The minimum absolute atomic E-state index is 0.00743. The fraction of sp³-hybridized carbons (Fsp3) is 0.710. The highest BCUT2D eigenvalue weighted by molar-refractivity contribution is 6.05. The summed E-state index contributed by atoms with van der Waals surface area (Å²) in [5, 5.41) is 16.9. The Morgan fingerprint density at radius 2 is 0.910 bits per heavy atom. The molecule has 6 amide bonds. The van der Waals surface area contributed by atoms with E-state index in [2.05, 4.69) is 108 Å². The first kappa shape index (κ1) is 134. The first-order chi connectivity index (χ1) is 59.8. The number of ketones is 3. The number of Topliss-reactive ketones (excluding diaryl/α,β-unsaturated/α-hetero) is 3. The summed E-state index contributed by atoms with van der Waals surface area (Å²) in [6, 6.07) is 2.11. The molecule has 758 valence electrons. The Morgan fingerprint density at radius 3 is 1.18 bits per heavy atom. The molecule has 0 bridgehead atoms. The summed E-state index contributed by atoms with van der Waals surface area (Å²) in [4.78, 5) is 144. The van der Waals surface area contributed by atoms with Crippen molar-refractivity contribution >= 4 is 70.7 Å². The van der Waals surface area contributed by atoms with Crippen LogP contribution in [0.3, 0.4) is 0 Å². The number of allylic oxidation sites excluding steroid dienone is 2. The summed E-state index contributed by atoms with van der Waals surface area (Å²) in [5.41, 5.74) is -1.57. The maximum Gasteiger partial charge on any atom is 0.384 e. The lowest BCUT2D eigenvalue weighted by molar-refractivity contribution is -0.156. The van der Waals surface area contributed by atoms with Gasteiger partial charge < -0.3 is 54.7 Å². The molecular weight excluding hydrogens is 1690 g/mol. The highest BCUT2D eigenvalue weighted by Crippen LogP contribution is 2.50. The van der Waals surface area contributed by atoms with Crippen LogP contribution in [-0.4, -0.2) is 213 Å². The standard InChI is InChI=1S/C13H26N2O.C12H24N2O.C11H18FNO.C11H19NO.C11H18O3.C10H16FNO.C9H13NO.C8H14O2.C8H12O2.C7H11NO.C7H10O/c1-7-15(11-13(2,3)4)12(16)9-8-10-14(5)6;1-12(2,3)10-14(6)11(15)8-7-9-13(4)5;1-11(2,3)13-10(14)8-6-4-5-7-9(8)12;1-5-10(13)12-7-6-9(8-12)11(2,3)4;1-8(12)11(5-6-11)9(13)14-7-10(2,3)4;1-10(2,3)12-9(13)7-5-4-6-8(7)11;1-8(2,3)7(11)9(6-10)4-5-9;2*1-5-7(9)10-6-8(2,3)4;1-5-6(9)8-7(2,3)4;1-5-6(8)7(2,3)4/h8-9H,7,10-11H2,1-6H3;7-8H,9-10H2,1-6H3;4-7H2,1-3H3,(H,13,14);5,9H,1,6-8H2,2-4H3;5-7H2,1-4H3;4-6H2,1-3H3,(H,12,13);4-5H2,1-3H3;5H,1,6H2,2-4H3;1H,6H2,2-4H3;1H,2-4H3,(H,8,9);1H,2-4H3/b9-8+;8-7+;;;;;;;;;. The zero-order chi connectivity index (χ0) is 106. The normalized spacial score (nSPS) is 15.4. The number of carbonyl (C=O) groups excluding carboxylic acids is 12. The van der Waals surface area contributed by atoms with Crippen LogP contribution in [0.1, 0.15) is 319 Å². The summed E-state index contributed by atoms with van der Waals surface area (Å²) >= 11 is 0. The first-order valence-corrected chi connectivity index (χ1v) is 46.1. The van der Waals surface area contributed by atoms with Crippen molar-refractivity contribution in [2.75, 3.05) is 101 Å². The molecule has 26 heteroatoms. The molecule has 0 aromatic rings. The number of nitriles is 1. The van der Waals surface area contributed by atoms with E-state index in [1.54, 1.807) is 37.8 Å². The van der Waals surface area contributed by atoms with Crippen molar-refractivity contribution in [2.45, 2.75) is 336 Å². The zero-order valence-corrected chi connectivity index (χ0v) is 90.3. The number of likely N-dealkylation sites (tertiary alicyclic amines) is 1. The van der Waals surface area contributed by atoms with Crippen LogP contribution >= 0.6 is 0 Å². The van der Waals surface area contributed by atoms with Crippen LogP contribution in [0.4, 0.5) is 8.78 Å². The molecule has 3 N–H and O–H groups in total. The summed E-state index contributed by atoms with van der Waals surface area (Å²) < 4.78 is 40.9. The predicted octanol–water partition coefficient (Wildman–Crippen LogP) is 19.3. The Hall–Kier alpha value is -9.37. The second kappa shape index (κ2) is 60.9. The molecule has 0 spiro atoms. The molecule has 5 aliphatic rings. The summed E-state index contributed by atoms with van der Waals surface area (Å²) in [7, 11) is 9.78. The maximum absolute atomic E-state index is 13.3. The van der Waals surface area contributed by atoms with Crippen molar-refractivity contribution in [2.24, 2.45) is 60.1 Å². The molecule has 0 aromatic heterocycles. The number of terminal acetylenes is 3. The molecule has 1 saturated heterocycles. The number of halogens is 2. The second-order valence-corrected chi connectivity index (χ2v) is 46.8. The van der Waals surface area contributed by atoms with Gasteiger partial charge in [-0.25, -0.2) is 18.4 Å². The fourth-order valence-electron chi connectivity index (χ4n) is 11.1. The van der Waals surface area contributed by atoms with Crippen LogP contribution in [0.25, 0.3) is 0 Å². The van der Waals surface area contributed by atoms with Gasteiger partial charge in [0.05, 0.1) is 25.9 Å². The molecular formula is C107H181F2N9O15. The lowest BCUT2D eigenvalue weighted by Crippen LogP contribution is -2.41. The lowest BCUT2D eigenvalue weighted by Gasteiger charge is -2.28. The van der Waals surface area contributed by atoms with Crippen molar-refractivity contribution in [3.05, 3.63) is 72.4 Å². The van der Waals surface area contributed by atoms with Crippen LogP contribution < -0.4 is 16.0 Å². The quantitative estimate of drug-likeness (QED) is 0.0206. The van der Waals surface area contributed by atoms with E-state index in [1.165, 1.54) is 19.1 Å². The fourth-order valence-corrected chi connectivity index (χ4v) is 11.1. The Bertz CT molecular complexity index is 4030. The number of esters is 3. The topological polar surface area (TPSA) is 309 Å². The van der Waals surface area contributed by atoms with Gasteiger partial charge in [-0.1, -0.05) is 191 Å². The second-order valence-electron chi connectivity index (χ2n) is 46.8. The van der Waals surface area contributed by atoms with E-state index in [1.807, 2.05) is 231 Å². The molecule has 4 aliphatic carbocycles. The van der Waals surface area contributed by atoms with Crippen molar-refractivity contribution < 1.29 is 80.5 Å². The number of likely N-dealkylation sites (N-methyl/N-ethyl adjacent to an activating group) is 4. The van der Waals surface area contributed by atoms with E-state index < -0.39 is 16.8 Å². The molecule has 0 aromatic carbocycles. The van der Waals surface area contributed by atoms with Crippen molar-refractivity contribution in [1.29, 1.82) is 5.26 Å². The largest absolute Gasteiger partial charge is 0.464 e. The Labute approximate surface area is 805 Å². The number of amides is 6. The number of nitrogens with zero attached hydrogens (tertiary/aromatic N) is 6. The van der Waals surface area contributed by atoms with E-state index in [-0.39, 0.29) is 131 Å². The van der Waals surface area contributed by atoms with Gasteiger partial charge in [-0.2, -0.15) is 5.26 Å². The zero-order valence-electron chi connectivity index (χ0n) is 90.3. The molecule has 2 saturated carbocycles. The molecule has 1 unspecified atom stereocenters. The molecule has 1 aliphatic heterocycles. The number of hydrogen-bond acceptors (Lipinski definition) is 18. The van der Waals surface area contributed by atoms with Gasteiger partial charge in [-0.3, -0.25) is 47.9 Å². The summed E-state index contributed by atoms with van der Waals surface area (Å²) in [5.74, 6) is 4.14. The van der Waals surface area contributed by atoms with Crippen LogP contribution in [0.5, 0.6) is 0 Å². The van der Waals surface area contributed by atoms with E-state index in [4.69, 9.17) is 34.0 Å². The van der Waals surface area contributed by atoms with Crippen molar-refractivity contribution in [1.82, 2.24) is 40.4 Å². The van der Waals surface area contributed by atoms with Gasteiger partial charge >= 0.3 is 17.9 Å². The third-order valence-electron chi connectivity index (χ3n) is 18.4. The lowest BCUT2D eigenvalue weighted by atomic mass is 9.80. The number of nitrogens with one attached hydrogen (secondary N) is 3. The number of rotatable bonds is 19. The monoisotopic (exact) mass is 1870 g/mol. The molecule has 3 fully saturated rings. The van der Waals surface area contributed by atoms with Gasteiger partial charge in [0.15, 0.2) is 5.78 Å². The maximum atomic E-state index is 13.3. The van der Waals surface area contributed by atoms with Gasteiger partial charge in [0.25, 0.3) is 5.91 Å². The average molecular weight is 1870 g/mol. The van der Waals surface area contributed by atoms with E-state index in [0.29, 0.717) is 80.8 Å². The third-order valence-corrected chi connectivity index (χ3v) is 18.4. The van der Waals surface area contributed by atoms with Crippen LogP contribution in [0.2, 0.25) is 0 Å². The predicted molar refractivity (Wildman–Crippen MR) is 537 cm³/mol. The van der Waals surface area contributed by atoms with Crippen LogP contribution in [-0.2, 0) is 71.7 Å². The molecule has 5 rings (SSSR count). The minimum Gasteiger partial charge on any atom is -0.464 e. The van der Waals surface area contributed by atoms with Gasteiger partial charge in [0, 0.05) is 116 Å².